The highest BCUT2D eigenvalue weighted by atomic mass is 19.1. The number of hydrogen-bond donors (Lipinski definition) is 2. The molecular formula is C26H19FN2O2. The number of halogens is 1. The van der Waals surface area contributed by atoms with Crippen LogP contribution in [0.3, 0.4) is 0 Å². The lowest BCUT2D eigenvalue weighted by Crippen LogP contribution is -2.30. The van der Waals surface area contributed by atoms with Crippen molar-refractivity contribution in [2.45, 2.75) is 0 Å². The molecule has 0 fully saturated rings. The third-order valence-electron chi connectivity index (χ3n) is 4.75. The minimum absolute atomic E-state index is 0.0494. The van der Waals surface area contributed by atoms with Gasteiger partial charge in [0.25, 0.3) is 11.8 Å². The summed E-state index contributed by atoms with van der Waals surface area (Å²) in [6.07, 6.45) is 1.51. The van der Waals surface area contributed by atoms with Crippen molar-refractivity contribution in [1.29, 1.82) is 0 Å². The van der Waals surface area contributed by atoms with Gasteiger partial charge in [-0.05, 0) is 47.4 Å². The van der Waals surface area contributed by atoms with Gasteiger partial charge in [0.2, 0.25) is 0 Å². The first-order chi connectivity index (χ1) is 15.1. The Morgan fingerprint density at radius 2 is 1.42 bits per heavy atom. The second kappa shape index (κ2) is 9.05. The molecule has 0 aliphatic rings. The van der Waals surface area contributed by atoms with Crippen LogP contribution in [0.1, 0.15) is 15.9 Å². The van der Waals surface area contributed by atoms with Crippen molar-refractivity contribution in [2.24, 2.45) is 0 Å². The third-order valence-corrected chi connectivity index (χ3v) is 4.75. The highest BCUT2D eigenvalue weighted by Crippen LogP contribution is 2.23. The molecule has 4 aromatic carbocycles. The maximum atomic E-state index is 13.3. The Labute approximate surface area is 179 Å². The summed E-state index contributed by atoms with van der Waals surface area (Å²) in [5, 5.41) is 7.43. The fourth-order valence-electron chi connectivity index (χ4n) is 3.19. The van der Waals surface area contributed by atoms with E-state index in [-0.39, 0.29) is 11.5 Å². The SMILES string of the molecule is O=C(Nc1cccc2ccccc12)C(=Cc1ccc(F)cc1)NC(=O)c1ccccc1. The van der Waals surface area contributed by atoms with Gasteiger partial charge >= 0.3 is 0 Å². The van der Waals surface area contributed by atoms with E-state index in [0.29, 0.717) is 16.8 Å². The Kier molecular flexibility index (Phi) is 5.85. The number of nitrogens with one attached hydrogen (secondary N) is 2. The van der Waals surface area contributed by atoms with E-state index in [1.165, 1.54) is 30.3 Å². The monoisotopic (exact) mass is 410 g/mol. The summed E-state index contributed by atoms with van der Waals surface area (Å²) in [5.74, 6) is -1.28. The van der Waals surface area contributed by atoms with Gasteiger partial charge < -0.3 is 10.6 Å². The number of fused-ring (bicyclic) bond motifs is 1. The molecule has 0 spiro atoms. The van der Waals surface area contributed by atoms with Crippen molar-refractivity contribution < 1.29 is 14.0 Å². The van der Waals surface area contributed by atoms with Crippen LogP contribution in [-0.4, -0.2) is 11.8 Å². The number of hydrogen-bond acceptors (Lipinski definition) is 2. The number of benzene rings is 4. The molecule has 0 bridgehead atoms. The molecule has 2 amide bonds. The Morgan fingerprint density at radius 3 is 2.19 bits per heavy atom. The molecule has 0 unspecified atom stereocenters. The van der Waals surface area contributed by atoms with E-state index < -0.39 is 11.8 Å². The molecule has 0 aromatic heterocycles. The zero-order valence-corrected chi connectivity index (χ0v) is 16.5. The fourth-order valence-corrected chi connectivity index (χ4v) is 3.19. The average Bonchev–Trinajstić information content (AvgIpc) is 2.81. The molecule has 0 atom stereocenters. The van der Waals surface area contributed by atoms with Crippen LogP contribution in [0.25, 0.3) is 16.8 Å². The van der Waals surface area contributed by atoms with Gasteiger partial charge in [0.1, 0.15) is 11.5 Å². The smallest absolute Gasteiger partial charge is 0.272 e. The van der Waals surface area contributed by atoms with E-state index in [4.69, 9.17) is 0 Å². The van der Waals surface area contributed by atoms with Gasteiger partial charge in [-0.2, -0.15) is 0 Å². The lowest BCUT2D eigenvalue weighted by atomic mass is 10.1. The first kappa shape index (κ1) is 20.0. The number of carbonyl (C=O) groups excluding carboxylic acids is 2. The van der Waals surface area contributed by atoms with E-state index >= 15 is 0 Å². The van der Waals surface area contributed by atoms with Crippen LogP contribution in [0.4, 0.5) is 10.1 Å². The predicted octanol–water partition coefficient (Wildman–Crippen LogP) is 5.39. The molecule has 0 saturated carbocycles. The average molecular weight is 410 g/mol. The van der Waals surface area contributed by atoms with Crippen molar-refractivity contribution in [3.63, 3.8) is 0 Å². The summed E-state index contributed by atoms with van der Waals surface area (Å²) in [6.45, 7) is 0. The first-order valence-electron chi connectivity index (χ1n) is 9.73. The van der Waals surface area contributed by atoms with E-state index in [2.05, 4.69) is 10.6 Å². The zero-order valence-electron chi connectivity index (χ0n) is 16.5. The van der Waals surface area contributed by atoms with E-state index in [1.807, 2.05) is 36.4 Å². The maximum absolute atomic E-state index is 13.3. The molecular weight excluding hydrogens is 391 g/mol. The lowest BCUT2D eigenvalue weighted by molar-refractivity contribution is -0.113. The van der Waals surface area contributed by atoms with Crippen LogP contribution < -0.4 is 10.6 Å². The van der Waals surface area contributed by atoms with Crippen LogP contribution in [0, 0.1) is 5.82 Å². The third kappa shape index (κ3) is 4.85. The van der Waals surface area contributed by atoms with Gasteiger partial charge in [0.05, 0.1) is 0 Å². The van der Waals surface area contributed by atoms with E-state index in [0.717, 1.165) is 10.8 Å². The van der Waals surface area contributed by atoms with Crippen molar-refractivity contribution >= 4 is 34.4 Å². The Morgan fingerprint density at radius 1 is 0.742 bits per heavy atom. The second-order valence-corrected chi connectivity index (χ2v) is 6.91. The summed E-state index contributed by atoms with van der Waals surface area (Å²) in [7, 11) is 0. The minimum Gasteiger partial charge on any atom is -0.320 e. The number of amides is 2. The summed E-state index contributed by atoms with van der Waals surface area (Å²) >= 11 is 0. The predicted molar refractivity (Wildman–Crippen MR) is 121 cm³/mol. The van der Waals surface area contributed by atoms with Crippen molar-refractivity contribution in [3.8, 4) is 0 Å². The topological polar surface area (TPSA) is 58.2 Å². The highest BCUT2D eigenvalue weighted by Gasteiger charge is 2.16. The van der Waals surface area contributed by atoms with Crippen molar-refractivity contribution in [2.75, 3.05) is 5.32 Å². The van der Waals surface area contributed by atoms with Gasteiger partial charge in [0, 0.05) is 16.6 Å². The summed E-state index contributed by atoms with van der Waals surface area (Å²) in [6, 6.07) is 27.6. The molecule has 152 valence electrons. The number of anilines is 1. The van der Waals surface area contributed by atoms with E-state index in [1.54, 1.807) is 36.4 Å². The molecule has 5 heteroatoms. The second-order valence-electron chi connectivity index (χ2n) is 6.91. The minimum atomic E-state index is -0.482. The normalized spacial score (nSPS) is 11.2. The van der Waals surface area contributed by atoms with Gasteiger partial charge in [-0.3, -0.25) is 9.59 Å². The largest absolute Gasteiger partial charge is 0.320 e. The van der Waals surface area contributed by atoms with Gasteiger partial charge in [-0.25, -0.2) is 4.39 Å². The van der Waals surface area contributed by atoms with Gasteiger partial charge in [-0.1, -0.05) is 66.7 Å². The first-order valence-corrected chi connectivity index (χ1v) is 9.73. The number of carbonyl (C=O) groups is 2. The van der Waals surface area contributed by atoms with Gasteiger partial charge in [0.15, 0.2) is 0 Å². The van der Waals surface area contributed by atoms with Crippen LogP contribution in [-0.2, 0) is 4.79 Å². The molecule has 0 saturated heterocycles. The molecule has 0 aliphatic carbocycles. The molecule has 2 N–H and O–H groups in total. The van der Waals surface area contributed by atoms with E-state index in [9.17, 15) is 14.0 Å². The Hall–Kier alpha value is -4.25. The molecule has 0 aliphatic heterocycles. The molecule has 4 aromatic rings. The molecule has 31 heavy (non-hydrogen) atoms. The Bertz CT molecular complexity index is 1260. The molecule has 4 nitrogen and oxygen atoms in total. The lowest BCUT2D eigenvalue weighted by Gasteiger charge is -2.13. The fraction of sp³-hybridized carbons (Fsp3) is 0. The standard InChI is InChI=1S/C26H19FN2O2/c27-21-15-13-18(14-16-21)17-24(29-25(30)20-8-2-1-3-9-20)26(31)28-23-12-6-10-19-7-4-5-11-22(19)23/h1-17H,(H,28,31)(H,29,30). The maximum Gasteiger partial charge on any atom is 0.272 e. The molecule has 4 rings (SSSR count). The van der Waals surface area contributed by atoms with Crippen LogP contribution in [0.15, 0.2) is 103 Å². The highest BCUT2D eigenvalue weighted by molar-refractivity contribution is 6.13. The summed E-state index contributed by atoms with van der Waals surface area (Å²) in [5.41, 5.74) is 1.68. The number of rotatable bonds is 5. The zero-order chi connectivity index (χ0) is 21.6. The van der Waals surface area contributed by atoms with Crippen LogP contribution in [0.5, 0.6) is 0 Å². The molecule has 0 heterocycles. The van der Waals surface area contributed by atoms with Crippen molar-refractivity contribution in [1.82, 2.24) is 5.32 Å². The van der Waals surface area contributed by atoms with Crippen molar-refractivity contribution in [3.05, 3.63) is 120 Å². The summed E-state index contributed by atoms with van der Waals surface area (Å²) in [4.78, 5) is 25.8. The molecule has 0 radical (unpaired) electrons. The Balaban J connectivity index is 1.66. The van der Waals surface area contributed by atoms with Crippen LogP contribution >= 0.6 is 0 Å². The quantitative estimate of drug-likeness (QED) is 0.434. The van der Waals surface area contributed by atoms with Crippen LogP contribution in [0.2, 0.25) is 0 Å². The van der Waals surface area contributed by atoms with Gasteiger partial charge in [-0.15, -0.1) is 0 Å². The summed E-state index contributed by atoms with van der Waals surface area (Å²) < 4.78 is 13.3.